The minimum absolute atomic E-state index is 0.106. The summed E-state index contributed by atoms with van der Waals surface area (Å²) in [5.41, 5.74) is 1.54. The molecule has 0 aliphatic carbocycles. The molecule has 3 rings (SSSR count). The fraction of sp³-hybridized carbons (Fsp3) is 0.0625. The summed E-state index contributed by atoms with van der Waals surface area (Å²) in [5.74, 6) is 0. The Bertz CT molecular complexity index is 908. The van der Waals surface area contributed by atoms with Crippen molar-refractivity contribution in [3.63, 3.8) is 0 Å². The summed E-state index contributed by atoms with van der Waals surface area (Å²) >= 11 is 5.83. The summed E-state index contributed by atoms with van der Waals surface area (Å²) in [4.78, 5) is 0.132. The van der Waals surface area contributed by atoms with Crippen LogP contribution in [0.3, 0.4) is 0 Å². The van der Waals surface area contributed by atoms with Crippen LogP contribution < -0.4 is 4.72 Å². The number of nitrogens with zero attached hydrogens (tertiary/aromatic N) is 2. The Morgan fingerprint density at radius 2 is 1.83 bits per heavy atom. The van der Waals surface area contributed by atoms with Gasteiger partial charge in [-0.2, -0.15) is 5.10 Å². The maximum Gasteiger partial charge on any atom is 0.240 e. The smallest absolute Gasteiger partial charge is 0.240 e. The lowest BCUT2D eigenvalue weighted by Gasteiger charge is -2.05. The van der Waals surface area contributed by atoms with Crippen molar-refractivity contribution in [2.75, 3.05) is 0 Å². The third-order valence-corrected chi connectivity index (χ3v) is 4.85. The molecule has 1 heterocycles. The largest absolute Gasteiger partial charge is 0.241 e. The molecule has 0 atom stereocenters. The molecular weight excluding hydrogens is 334 g/mol. The first kappa shape index (κ1) is 15.7. The number of sulfonamides is 1. The van der Waals surface area contributed by atoms with Crippen molar-refractivity contribution in [2.24, 2.45) is 0 Å². The SMILES string of the molecule is O=S(=O)(NCc1ccn(-c2ccccc2)n1)c1cccc(Cl)c1. The average Bonchev–Trinajstić information content (AvgIpc) is 3.03. The van der Waals surface area contributed by atoms with Gasteiger partial charge in [-0.3, -0.25) is 0 Å². The van der Waals surface area contributed by atoms with E-state index in [1.165, 1.54) is 12.1 Å². The molecule has 0 aliphatic heterocycles. The van der Waals surface area contributed by atoms with Gasteiger partial charge in [0.15, 0.2) is 0 Å². The van der Waals surface area contributed by atoms with Gasteiger partial charge in [0.05, 0.1) is 22.8 Å². The molecule has 7 heteroatoms. The summed E-state index contributed by atoms with van der Waals surface area (Å²) < 4.78 is 28.7. The fourth-order valence-electron chi connectivity index (χ4n) is 2.07. The van der Waals surface area contributed by atoms with E-state index in [0.717, 1.165) is 5.69 Å². The van der Waals surface area contributed by atoms with Crippen molar-refractivity contribution in [1.29, 1.82) is 0 Å². The van der Waals surface area contributed by atoms with Gasteiger partial charge < -0.3 is 0 Å². The van der Waals surface area contributed by atoms with Gasteiger partial charge in [-0.05, 0) is 36.4 Å². The summed E-state index contributed by atoms with van der Waals surface area (Å²) in [5, 5.41) is 4.73. The molecule has 2 aromatic carbocycles. The van der Waals surface area contributed by atoms with E-state index in [0.29, 0.717) is 10.7 Å². The Kier molecular flexibility index (Phi) is 4.47. The monoisotopic (exact) mass is 347 g/mol. The average molecular weight is 348 g/mol. The number of halogens is 1. The highest BCUT2D eigenvalue weighted by Crippen LogP contribution is 2.15. The first-order valence-electron chi connectivity index (χ1n) is 6.90. The quantitative estimate of drug-likeness (QED) is 0.771. The molecule has 0 spiro atoms. The van der Waals surface area contributed by atoms with Gasteiger partial charge in [-0.15, -0.1) is 0 Å². The molecule has 118 valence electrons. The molecule has 0 aliphatic rings. The van der Waals surface area contributed by atoms with E-state index in [4.69, 9.17) is 11.6 Å². The Morgan fingerprint density at radius 3 is 2.57 bits per heavy atom. The van der Waals surface area contributed by atoms with Crippen LogP contribution in [0, 0.1) is 0 Å². The van der Waals surface area contributed by atoms with Crippen LogP contribution in [0.1, 0.15) is 5.69 Å². The minimum Gasteiger partial charge on any atom is -0.241 e. The Labute approximate surface area is 139 Å². The highest BCUT2D eigenvalue weighted by atomic mass is 35.5. The number of hydrogen-bond acceptors (Lipinski definition) is 3. The zero-order valence-electron chi connectivity index (χ0n) is 12.1. The third-order valence-electron chi connectivity index (χ3n) is 3.21. The van der Waals surface area contributed by atoms with Crippen LogP contribution in [0.15, 0.2) is 71.8 Å². The van der Waals surface area contributed by atoms with E-state index < -0.39 is 10.0 Å². The normalized spacial score (nSPS) is 11.5. The summed E-state index contributed by atoms with van der Waals surface area (Å²) in [6.07, 6.45) is 1.79. The van der Waals surface area contributed by atoms with E-state index in [9.17, 15) is 8.42 Å². The molecule has 1 N–H and O–H groups in total. The first-order valence-corrected chi connectivity index (χ1v) is 8.76. The van der Waals surface area contributed by atoms with Crippen LogP contribution in [-0.2, 0) is 16.6 Å². The van der Waals surface area contributed by atoms with Crippen molar-refractivity contribution in [3.8, 4) is 5.69 Å². The molecular formula is C16H14ClN3O2S. The topological polar surface area (TPSA) is 64.0 Å². The maximum absolute atomic E-state index is 12.2. The number of benzene rings is 2. The number of aromatic nitrogens is 2. The van der Waals surface area contributed by atoms with Gasteiger partial charge in [-0.1, -0.05) is 35.9 Å². The molecule has 0 fully saturated rings. The Morgan fingerprint density at radius 1 is 1.04 bits per heavy atom. The molecule has 5 nitrogen and oxygen atoms in total. The molecule has 23 heavy (non-hydrogen) atoms. The van der Waals surface area contributed by atoms with E-state index >= 15 is 0 Å². The molecule has 0 bridgehead atoms. The van der Waals surface area contributed by atoms with Gasteiger partial charge >= 0.3 is 0 Å². The van der Waals surface area contributed by atoms with Gasteiger partial charge in [0.25, 0.3) is 0 Å². The number of hydrogen-bond donors (Lipinski definition) is 1. The fourth-order valence-corrected chi connectivity index (χ4v) is 3.37. The second-order valence-electron chi connectivity index (χ2n) is 4.87. The predicted molar refractivity (Wildman–Crippen MR) is 89.0 cm³/mol. The molecule has 0 radical (unpaired) electrons. The second-order valence-corrected chi connectivity index (χ2v) is 7.07. The molecule has 0 unspecified atom stereocenters. The van der Waals surface area contributed by atoms with Crippen molar-refractivity contribution >= 4 is 21.6 Å². The van der Waals surface area contributed by atoms with Crippen molar-refractivity contribution < 1.29 is 8.42 Å². The summed E-state index contributed by atoms with van der Waals surface area (Å²) in [7, 11) is -3.62. The number of nitrogens with one attached hydrogen (secondary N) is 1. The molecule has 3 aromatic rings. The van der Waals surface area contributed by atoms with Crippen molar-refractivity contribution in [3.05, 3.63) is 77.6 Å². The first-order chi connectivity index (χ1) is 11.0. The van der Waals surface area contributed by atoms with Crippen molar-refractivity contribution in [2.45, 2.75) is 11.4 Å². The lowest BCUT2D eigenvalue weighted by molar-refractivity contribution is 0.580. The minimum atomic E-state index is -3.62. The zero-order valence-corrected chi connectivity index (χ0v) is 13.6. The van der Waals surface area contributed by atoms with Gasteiger partial charge in [0, 0.05) is 11.2 Å². The van der Waals surface area contributed by atoms with Gasteiger partial charge in [0.2, 0.25) is 10.0 Å². The lowest BCUT2D eigenvalue weighted by Crippen LogP contribution is -2.23. The molecule has 1 aromatic heterocycles. The van der Waals surface area contributed by atoms with E-state index in [1.54, 1.807) is 29.1 Å². The summed E-state index contributed by atoms with van der Waals surface area (Å²) in [6.45, 7) is 0.106. The van der Waals surface area contributed by atoms with Crippen LogP contribution >= 0.6 is 11.6 Å². The summed E-state index contributed by atoms with van der Waals surface area (Å²) in [6, 6.07) is 17.5. The van der Waals surface area contributed by atoms with Crippen molar-refractivity contribution in [1.82, 2.24) is 14.5 Å². The predicted octanol–water partition coefficient (Wildman–Crippen LogP) is 3.00. The molecule has 0 amide bonds. The lowest BCUT2D eigenvalue weighted by atomic mass is 10.3. The van der Waals surface area contributed by atoms with E-state index in [1.807, 2.05) is 30.3 Å². The van der Waals surface area contributed by atoms with Crippen LogP contribution in [-0.4, -0.2) is 18.2 Å². The number of rotatable bonds is 5. The third kappa shape index (κ3) is 3.79. The Balaban J connectivity index is 1.73. The highest BCUT2D eigenvalue weighted by molar-refractivity contribution is 7.89. The highest BCUT2D eigenvalue weighted by Gasteiger charge is 2.14. The molecule has 0 saturated carbocycles. The van der Waals surface area contributed by atoms with Crippen LogP contribution in [0.5, 0.6) is 0 Å². The van der Waals surface area contributed by atoms with E-state index in [2.05, 4.69) is 9.82 Å². The standard InChI is InChI=1S/C16H14ClN3O2S/c17-13-5-4-8-16(11-13)23(21,22)18-12-14-9-10-20(19-14)15-6-2-1-3-7-15/h1-11,18H,12H2. The van der Waals surface area contributed by atoms with Crippen LogP contribution in [0.4, 0.5) is 0 Å². The maximum atomic E-state index is 12.2. The van der Waals surface area contributed by atoms with Crippen LogP contribution in [0.2, 0.25) is 5.02 Å². The van der Waals surface area contributed by atoms with Gasteiger partial charge in [0.1, 0.15) is 0 Å². The van der Waals surface area contributed by atoms with Gasteiger partial charge in [-0.25, -0.2) is 17.8 Å². The van der Waals surface area contributed by atoms with E-state index in [-0.39, 0.29) is 11.4 Å². The zero-order chi connectivity index (χ0) is 16.3. The molecule has 0 saturated heterocycles. The number of para-hydroxylation sites is 1. The van der Waals surface area contributed by atoms with Crippen LogP contribution in [0.25, 0.3) is 5.69 Å². The Hall–Kier alpha value is -2.15. The second kappa shape index (κ2) is 6.54.